The van der Waals surface area contributed by atoms with Crippen molar-refractivity contribution in [1.29, 1.82) is 0 Å². The third kappa shape index (κ3) is 5.07. The number of aryl methyl sites for hydroxylation is 2. The second-order valence-electron chi connectivity index (χ2n) is 6.31. The summed E-state index contributed by atoms with van der Waals surface area (Å²) in [4.78, 5) is 22.2. The number of carbonyl (C=O) groups excluding carboxylic acids is 1. The molecule has 2 aromatic carbocycles. The summed E-state index contributed by atoms with van der Waals surface area (Å²) in [6, 6.07) is 15.2. The molecule has 3 aromatic rings. The second-order valence-corrected chi connectivity index (χ2v) is 6.31. The van der Waals surface area contributed by atoms with E-state index in [1.807, 2.05) is 32.0 Å². The summed E-state index contributed by atoms with van der Waals surface area (Å²) in [5.74, 6) is 1.25. The monoisotopic (exact) mass is 393 g/mol. The molecule has 8 heteroatoms. The van der Waals surface area contributed by atoms with Gasteiger partial charge in [0, 0.05) is 17.7 Å². The number of benzene rings is 2. The quantitative estimate of drug-likeness (QED) is 0.371. The summed E-state index contributed by atoms with van der Waals surface area (Å²) in [5, 5.41) is 14.6. The van der Waals surface area contributed by atoms with Gasteiger partial charge in [-0.1, -0.05) is 18.2 Å². The van der Waals surface area contributed by atoms with Gasteiger partial charge >= 0.3 is 0 Å². The Morgan fingerprint density at radius 2 is 1.83 bits per heavy atom. The van der Waals surface area contributed by atoms with Crippen LogP contribution >= 0.6 is 0 Å². The minimum atomic E-state index is -0.461. The molecular weight excluding hydrogens is 374 g/mol. The van der Waals surface area contributed by atoms with E-state index < -0.39 is 10.8 Å². The van der Waals surface area contributed by atoms with Gasteiger partial charge in [-0.2, -0.15) is 5.10 Å². The van der Waals surface area contributed by atoms with E-state index in [0.29, 0.717) is 22.8 Å². The Bertz CT molecular complexity index is 1030. The first-order chi connectivity index (χ1) is 13.9. The third-order valence-corrected chi connectivity index (χ3v) is 4.13. The molecule has 0 aliphatic heterocycles. The molecule has 1 heterocycles. The fourth-order valence-corrected chi connectivity index (χ4v) is 2.69. The standard InChI is InChI=1S/C21H19N3O5/c1-14-4-3-5-15(2)21(14)28-13-20(25)23-22-12-18-10-11-19(29-18)16-6-8-17(9-7-16)24(26)27/h3-12H,13H2,1-2H3,(H,23,25)/b22-12-. The van der Waals surface area contributed by atoms with Crippen LogP contribution in [0.1, 0.15) is 16.9 Å². The van der Waals surface area contributed by atoms with Gasteiger partial charge in [0.05, 0.1) is 11.1 Å². The molecule has 1 N–H and O–H groups in total. The fraction of sp³-hybridized carbons (Fsp3) is 0.143. The van der Waals surface area contributed by atoms with E-state index in [1.54, 1.807) is 24.3 Å². The molecule has 0 aliphatic carbocycles. The highest BCUT2D eigenvalue weighted by Gasteiger charge is 2.09. The molecule has 0 atom stereocenters. The van der Waals surface area contributed by atoms with E-state index in [2.05, 4.69) is 10.5 Å². The lowest BCUT2D eigenvalue weighted by atomic mass is 10.1. The number of nitrogens with zero attached hydrogens (tertiary/aromatic N) is 2. The van der Waals surface area contributed by atoms with E-state index in [0.717, 1.165) is 11.1 Å². The number of amides is 1. The molecule has 0 fully saturated rings. The SMILES string of the molecule is Cc1cccc(C)c1OCC(=O)N/N=C\c1ccc(-c2ccc([N+](=O)[O-])cc2)o1. The molecule has 0 aliphatic rings. The van der Waals surface area contributed by atoms with Gasteiger partial charge in [0.15, 0.2) is 6.61 Å². The van der Waals surface area contributed by atoms with Gasteiger partial charge in [0.1, 0.15) is 17.3 Å². The van der Waals surface area contributed by atoms with Crippen molar-refractivity contribution in [1.82, 2.24) is 5.43 Å². The number of nitro benzene ring substituents is 1. The van der Waals surface area contributed by atoms with Gasteiger partial charge in [0.25, 0.3) is 11.6 Å². The summed E-state index contributed by atoms with van der Waals surface area (Å²) in [6.45, 7) is 3.67. The molecule has 0 spiro atoms. The van der Waals surface area contributed by atoms with Crippen LogP contribution in [-0.4, -0.2) is 23.7 Å². The van der Waals surface area contributed by atoms with Crippen LogP contribution in [-0.2, 0) is 4.79 Å². The maximum Gasteiger partial charge on any atom is 0.277 e. The lowest BCUT2D eigenvalue weighted by Gasteiger charge is -2.10. The van der Waals surface area contributed by atoms with Crippen molar-refractivity contribution in [2.24, 2.45) is 5.10 Å². The summed E-state index contributed by atoms with van der Waals surface area (Å²) in [6.07, 6.45) is 1.37. The van der Waals surface area contributed by atoms with Gasteiger partial charge in [-0.3, -0.25) is 14.9 Å². The third-order valence-electron chi connectivity index (χ3n) is 4.13. The Hall–Kier alpha value is -3.94. The summed E-state index contributed by atoms with van der Waals surface area (Å²) in [7, 11) is 0. The van der Waals surface area contributed by atoms with Crippen molar-refractivity contribution in [2.45, 2.75) is 13.8 Å². The zero-order valence-corrected chi connectivity index (χ0v) is 15.9. The highest BCUT2D eigenvalue weighted by molar-refractivity contribution is 5.81. The second kappa shape index (κ2) is 8.83. The largest absolute Gasteiger partial charge is 0.483 e. The topological polar surface area (TPSA) is 107 Å². The number of nitrogens with one attached hydrogen (secondary N) is 1. The molecule has 0 unspecified atom stereocenters. The van der Waals surface area contributed by atoms with E-state index in [9.17, 15) is 14.9 Å². The number of furan rings is 1. The molecule has 3 rings (SSSR count). The smallest absolute Gasteiger partial charge is 0.277 e. The number of hydrogen-bond donors (Lipinski definition) is 1. The van der Waals surface area contributed by atoms with Crippen LogP contribution in [0.4, 0.5) is 5.69 Å². The van der Waals surface area contributed by atoms with E-state index in [1.165, 1.54) is 18.3 Å². The van der Waals surface area contributed by atoms with Crippen molar-refractivity contribution < 1.29 is 18.9 Å². The average Bonchev–Trinajstić information content (AvgIpc) is 3.16. The molecule has 0 radical (unpaired) electrons. The molecule has 148 valence electrons. The number of carbonyl (C=O) groups is 1. The van der Waals surface area contributed by atoms with E-state index in [-0.39, 0.29) is 12.3 Å². The number of rotatable bonds is 7. The van der Waals surface area contributed by atoms with Gasteiger partial charge in [-0.05, 0) is 49.2 Å². The summed E-state index contributed by atoms with van der Waals surface area (Å²) >= 11 is 0. The molecule has 0 saturated carbocycles. The first-order valence-corrected chi connectivity index (χ1v) is 8.79. The van der Waals surface area contributed by atoms with Crippen LogP contribution in [0.5, 0.6) is 5.75 Å². The zero-order valence-electron chi connectivity index (χ0n) is 15.9. The van der Waals surface area contributed by atoms with Crippen LogP contribution in [0.15, 0.2) is 64.1 Å². The first-order valence-electron chi connectivity index (χ1n) is 8.79. The van der Waals surface area contributed by atoms with E-state index in [4.69, 9.17) is 9.15 Å². The predicted octanol–water partition coefficient (Wildman–Crippen LogP) is 4.00. The molecule has 1 amide bonds. The average molecular weight is 393 g/mol. The molecule has 0 saturated heterocycles. The molecule has 0 bridgehead atoms. The van der Waals surface area contributed by atoms with Crippen molar-refractivity contribution in [3.63, 3.8) is 0 Å². The number of nitro groups is 1. The number of ether oxygens (including phenoxy) is 1. The zero-order chi connectivity index (χ0) is 20.8. The maximum absolute atomic E-state index is 11.9. The molecule has 8 nitrogen and oxygen atoms in total. The molecular formula is C21H19N3O5. The summed E-state index contributed by atoms with van der Waals surface area (Å²) < 4.78 is 11.2. The van der Waals surface area contributed by atoms with Crippen LogP contribution in [0.25, 0.3) is 11.3 Å². The number of non-ortho nitro benzene ring substituents is 1. The van der Waals surface area contributed by atoms with Crippen molar-refractivity contribution in [2.75, 3.05) is 6.61 Å². The predicted molar refractivity (Wildman–Crippen MR) is 108 cm³/mol. The van der Waals surface area contributed by atoms with E-state index >= 15 is 0 Å². The van der Waals surface area contributed by atoms with Crippen LogP contribution in [0.3, 0.4) is 0 Å². The van der Waals surface area contributed by atoms with Crippen molar-refractivity contribution in [3.8, 4) is 17.1 Å². The highest BCUT2D eigenvalue weighted by atomic mass is 16.6. The Kier molecular flexibility index (Phi) is 6.03. The van der Waals surface area contributed by atoms with Crippen LogP contribution < -0.4 is 10.2 Å². The van der Waals surface area contributed by atoms with Crippen molar-refractivity contribution in [3.05, 3.63) is 81.6 Å². The normalized spacial score (nSPS) is 10.8. The fourth-order valence-electron chi connectivity index (χ4n) is 2.69. The molecule has 29 heavy (non-hydrogen) atoms. The van der Waals surface area contributed by atoms with Gasteiger partial charge in [-0.25, -0.2) is 5.43 Å². The highest BCUT2D eigenvalue weighted by Crippen LogP contribution is 2.24. The van der Waals surface area contributed by atoms with Gasteiger partial charge in [0.2, 0.25) is 0 Å². The Morgan fingerprint density at radius 3 is 2.48 bits per heavy atom. The number of hydrogen-bond acceptors (Lipinski definition) is 6. The molecule has 1 aromatic heterocycles. The van der Waals surface area contributed by atoms with Crippen molar-refractivity contribution >= 4 is 17.8 Å². The lowest BCUT2D eigenvalue weighted by molar-refractivity contribution is -0.384. The maximum atomic E-state index is 11.9. The number of hydrazone groups is 1. The minimum Gasteiger partial charge on any atom is -0.483 e. The lowest BCUT2D eigenvalue weighted by Crippen LogP contribution is -2.24. The van der Waals surface area contributed by atoms with Crippen LogP contribution in [0, 0.1) is 24.0 Å². The number of para-hydroxylation sites is 1. The van der Waals surface area contributed by atoms with Gasteiger partial charge < -0.3 is 9.15 Å². The first kappa shape index (κ1) is 19.8. The Balaban J connectivity index is 1.54. The summed E-state index contributed by atoms with van der Waals surface area (Å²) in [5.41, 5.74) is 4.99. The Morgan fingerprint density at radius 1 is 1.14 bits per heavy atom. The van der Waals surface area contributed by atoms with Crippen LogP contribution in [0.2, 0.25) is 0 Å². The Labute approximate surface area is 167 Å². The minimum absolute atomic E-state index is 0.00733. The van der Waals surface area contributed by atoms with Gasteiger partial charge in [-0.15, -0.1) is 0 Å².